The molecule has 2 aliphatic heterocycles. The van der Waals surface area contributed by atoms with E-state index in [1.807, 2.05) is 9.80 Å². The molecule has 2 saturated heterocycles. The van der Waals surface area contributed by atoms with Gasteiger partial charge in [0.25, 0.3) is 0 Å². The van der Waals surface area contributed by atoms with E-state index in [9.17, 15) is 28.5 Å². The van der Waals surface area contributed by atoms with Gasteiger partial charge in [0, 0.05) is 32.7 Å². The van der Waals surface area contributed by atoms with Crippen LogP contribution in [0.5, 0.6) is 0 Å². The fourth-order valence-corrected chi connectivity index (χ4v) is 3.78. The molecule has 1 aromatic rings. The van der Waals surface area contributed by atoms with E-state index in [2.05, 4.69) is 4.98 Å². The Balaban J connectivity index is 1.59. The van der Waals surface area contributed by atoms with Crippen molar-refractivity contribution in [1.29, 1.82) is 0 Å². The number of piperidine rings is 2. The largest absolute Gasteiger partial charge is 0.433 e. The van der Waals surface area contributed by atoms with Gasteiger partial charge in [0.2, 0.25) is 0 Å². The first-order valence-electron chi connectivity index (χ1n) is 8.79. The van der Waals surface area contributed by atoms with Crippen LogP contribution in [0.15, 0.2) is 18.3 Å². The highest BCUT2D eigenvalue weighted by Crippen LogP contribution is 2.30. The van der Waals surface area contributed by atoms with Crippen molar-refractivity contribution in [2.75, 3.05) is 37.6 Å². The number of anilines is 1. The zero-order valence-electron chi connectivity index (χ0n) is 14.3. The lowest BCUT2D eigenvalue weighted by molar-refractivity contribution is -0.141. The van der Waals surface area contributed by atoms with Crippen LogP contribution in [0.25, 0.3) is 0 Å². The molecule has 26 heavy (non-hydrogen) atoms. The molecule has 9 heteroatoms. The Labute approximate surface area is 149 Å². The SMILES string of the molecule is OC1CN(C[C@@H]2CCCN(c3ccc(C(F)(F)F)nc3)C2)CC(O)C1O. The first-order chi connectivity index (χ1) is 12.2. The highest BCUT2D eigenvalue weighted by Gasteiger charge is 2.35. The quantitative estimate of drug-likeness (QED) is 0.722. The smallest absolute Gasteiger partial charge is 0.389 e. The highest BCUT2D eigenvalue weighted by atomic mass is 19.4. The summed E-state index contributed by atoms with van der Waals surface area (Å²) in [6, 6.07) is 2.45. The van der Waals surface area contributed by atoms with Crippen LogP contribution in [0, 0.1) is 5.92 Å². The molecule has 3 rings (SSSR count). The zero-order chi connectivity index (χ0) is 18.9. The van der Waals surface area contributed by atoms with Crippen LogP contribution in [0.2, 0.25) is 0 Å². The number of aliphatic hydroxyl groups is 3. The second kappa shape index (κ2) is 7.67. The summed E-state index contributed by atoms with van der Waals surface area (Å²) in [4.78, 5) is 7.48. The van der Waals surface area contributed by atoms with Crippen LogP contribution in [0.1, 0.15) is 18.5 Å². The highest BCUT2D eigenvalue weighted by molar-refractivity contribution is 5.45. The Bertz CT molecular complexity index is 587. The van der Waals surface area contributed by atoms with Gasteiger partial charge >= 0.3 is 6.18 Å². The molecule has 0 radical (unpaired) electrons. The Hall–Kier alpha value is -1.42. The van der Waals surface area contributed by atoms with E-state index in [4.69, 9.17) is 0 Å². The van der Waals surface area contributed by atoms with Crippen molar-refractivity contribution < 1.29 is 28.5 Å². The Morgan fingerprint density at radius 1 is 1.08 bits per heavy atom. The monoisotopic (exact) mass is 375 g/mol. The maximum Gasteiger partial charge on any atom is 0.433 e. The van der Waals surface area contributed by atoms with Crippen molar-refractivity contribution in [2.45, 2.75) is 37.3 Å². The van der Waals surface area contributed by atoms with Gasteiger partial charge in [0.05, 0.1) is 24.1 Å². The molecule has 0 amide bonds. The molecular weight excluding hydrogens is 351 g/mol. The van der Waals surface area contributed by atoms with E-state index in [1.165, 1.54) is 12.3 Å². The summed E-state index contributed by atoms with van der Waals surface area (Å²) in [5, 5.41) is 29.2. The van der Waals surface area contributed by atoms with Gasteiger partial charge in [-0.2, -0.15) is 13.2 Å². The molecule has 146 valence electrons. The second-order valence-electron chi connectivity index (χ2n) is 7.20. The lowest BCUT2D eigenvalue weighted by Crippen LogP contribution is -2.56. The van der Waals surface area contributed by atoms with Crippen molar-refractivity contribution in [2.24, 2.45) is 5.92 Å². The van der Waals surface area contributed by atoms with E-state index >= 15 is 0 Å². The maximum atomic E-state index is 12.6. The Morgan fingerprint density at radius 3 is 2.35 bits per heavy atom. The average Bonchev–Trinajstić information content (AvgIpc) is 2.59. The normalized spacial score (nSPS) is 31.2. The maximum absolute atomic E-state index is 12.6. The number of halogens is 3. The summed E-state index contributed by atoms with van der Waals surface area (Å²) in [5.41, 5.74) is -0.235. The van der Waals surface area contributed by atoms with Gasteiger partial charge in [0.15, 0.2) is 0 Å². The number of aliphatic hydroxyl groups excluding tert-OH is 3. The third kappa shape index (κ3) is 4.46. The molecule has 0 saturated carbocycles. The third-order valence-electron chi connectivity index (χ3n) is 5.12. The van der Waals surface area contributed by atoms with Crippen molar-refractivity contribution in [1.82, 2.24) is 9.88 Å². The lowest BCUT2D eigenvalue weighted by Gasteiger charge is -2.41. The molecule has 2 unspecified atom stereocenters. The third-order valence-corrected chi connectivity index (χ3v) is 5.12. The molecule has 0 aromatic carbocycles. The van der Waals surface area contributed by atoms with E-state index < -0.39 is 30.2 Å². The summed E-state index contributed by atoms with van der Waals surface area (Å²) in [6.07, 6.45) is -4.37. The van der Waals surface area contributed by atoms with Crippen LogP contribution < -0.4 is 4.90 Å². The fourth-order valence-electron chi connectivity index (χ4n) is 3.78. The molecule has 1 aromatic heterocycles. The van der Waals surface area contributed by atoms with Crippen LogP contribution in [-0.4, -0.2) is 76.2 Å². The molecule has 2 aliphatic rings. The van der Waals surface area contributed by atoms with Gasteiger partial charge in [-0.25, -0.2) is 4.98 Å². The molecule has 0 spiro atoms. The van der Waals surface area contributed by atoms with E-state index in [-0.39, 0.29) is 5.92 Å². The number of aromatic nitrogens is 1. The first-order valence-corrected chi connectivity index (χ1v) is 8.79. The molecule has 3 heterocycles. The molecule has 3 N–H and O–H groups in total. The number of nitrogens with zero attached hydrogens (tertiary/aromatic N) is 3. The number of pyridine rings is 1. The number of alkyl halides is 3. The molecule has 3 atom stereocenters. The lowest BCUT2D eigenvalue weighted by atomic mass is 9.94. The van der Waals surface area contributed by atoms with Gasteiger partial charge in [-0.1, -0.05) is 0 Å². The van der Waals surface area contributed by atoms with Crippen LogP contribution >= 0.6 is 0 Å². The summed E-state index contributed by atoms with van der Waals surface area (Å²) >= 11 is 0. The van der Waals surface area contributed by atoms with Gasteiger partial charge in [0.1, 0.15) is 11.8 Å². The van der Waals surface area contributed by atoms with E-state index in [0.29, 0.717) is 31.9 Å². The predicted molar refractivity (Wildman–Crippen MR) is 88.6 cm³/mol. The summed E-state index contributed by atoms with van der Waals surface area (Å²) in [5.74, 6) is 0.265. The minimum Gasteiger partial charge on any atom is -0.389 e. The van der Waals surface area contributed by atoms with Crippen molar-refractivity contribution in [3.05, 3.63) is 24.0 Å². The zero-order valence-corrected chi connectivity index (χ0v) is 14.3. The molecular formula is C17H24F3N3O3. The van der Waals surface area contributed by atoms with Gasteiger partial charge in [-0.15, -0.1) is 0 Å². The van der Waals surface area contributed by atoms with Crippen molar-refractivity contribution in [3.8, 4) is 0 Å². The first kappa shape index (κ1) is 19.3. The average molecular weight is 375 g/mol. The van der Waals surface area contributed by atoms with E-state index in [1.54, 1.807) is 0 Å². The summed E-state index contributed by atoms with van der Waals surface area (Å²) < 4.78 is 37.9. The van der Waals surface area contributed by atoms with Crippen LogP contribution in [0.3, 0.4) is 0 Å². The number of β-amino-alcohol motifs (C(OH)–C–C–N with tert-alkyl or cyclic N) is 2. The van der Waals surface area contributed by atoms with Gasteiger partial charge in [-0.3, -0.25) is 4.90 Å². The van der Waals surface area contributed by atoms with Gasteiger partial charge < -0.3 is 20.2 Å². The second-order valence-corrected chi connectivity index (χ2v) is 7.20. The van der Waals surface area contributed by atoms with Gasteiger partial charge in [-0.05, 0) is 30.9 Å². The summed E-state index contributed by atoms with van der Waals surface area (Å²) in [6.45, 7) is 2.70. The van der Waals surface area contributed by atoms with E-state index in [0.717, 1.165) is 25.5 Å². The number of likely N-dealkylation sites (tertiary alicyclic amines) is 1. The minimum absolute atomic E-state index is 0.265. The van der Waals surface area contributed by atoms with Crippen LogP contribution in [-0.2, 0) is 6.18 Å². The fraction of sp³-hybridized carbons (Fsp3) is 0.706. The molecule has 0 aliphatic carbocycles. The van der Waals surface area contributed by atoms with Crippen molar-refractivity contribution in [3.63, 3.8) is 0 Å². The molecule has 0 bridgehead atoms. The topological polar surface area (TPSA) is 80.1 Å². The van der Waals surface area contributed by atoms with Crippen LogP contribution in [0.4, 0.5) is 18.9 Å². The van der Waals surface area contributed by atoms with Crippen molar-refractivity contribution >= 4 is 5.69 Å². The minimum atomic E-state index is -4.44. The molecule has 2 fully saturated rings. The number of hydrogen-bond donors (Lipinski definition) is 3. The standard InChI is InChI=1S/C17H24F3N3O3/c18-17(19,20)15-4-3-12(6-21-15)23-5-1-2-11(8-23)7-22-9-13(24)16(26)14(25)10-22/h3-4,6,11,13-14,16,24-26H,1-2,5,7-10H2/t11-,13?,14?,16?/m0/s1. The number of rotatable bonds is 3. The number of hydrogen-bond acceptors (Lipinski definition) is 6. The Morgan fingerprint density at radius 2 is 1.77 bits per heavy atom. The Kier molecular flexibility index (Phi) is 5.71. The predicted octanol–water partition coefficient (Wildman–Crippen LogP) is 0.715. The molecule has 6 nitrogen and oxygen atoms in total. The summed E-state index contributed by atoms with van der Waals surface area (Å²) in [7, 11) is 0.